The van der Waals surface area contributed by atoms with Crippen molar-refractivity contribution in [3.63, 3.8) is 0 Å². The van der Waals surface area contributed by atoms with Crippen LogP contribution in [-0.4, -0.2) is 23.7 Å². The maximum Gasteiger partial charge on any atom is 0.306 e. The van der Waals surface area contributed by atoms with Crippen molar-refractivity contribution in [2.45, 2.75) is 38.6 Å². The van der Waals surface area contributed by atoms with Gasteiger partial charge >= 0.3 is 5.97 Å². The van der Waals surface area contributed by atoms with Crippen molar-refractivity contribution in [2.75, 3.05) is 6.54 Å². The average Bonchev–Trinajstić information content (AvgIpc) is 2.85. The van der Waals surface area contributed by atoms with Crippen LogP contribution in [0.2, 0.25) is 0 Å². The van der Waals surface area contributed by atoms with Gasteiger partial charge in [0, 0.05) is 6.04 Å². The molecule has 0 aromatic heterocycles. The maximum atomic E-state index is 13.1. The number of carboxylic acid groups (broad SMARTS) is 1. The van der Waals surface area contributed by atoms with E-state index in [9.17, 15) is 9.18 Å². The van der Waals surface area contributed by atoms with E-state index < -0.39 is 5.97 Å². The van der Waals surface area contributed by atoms with Crippen LogP contribution in [0.5, 0.6) is 0 Å². The van der Waals surface area contributed by atoms with Crippen LogP contribution < -0.4 is 5.32 Å². The summed E-state index contributed by atoms with van der Waals surface area (Å²) in [5.74, 6) is -0.866. The molecule has 1 saturated carbocycles. The molecule has 3 unspecified atom stereocenters. The third-order valence-electron chi connectivity index (χ3n) is 4.14. The molecule has 0 spiro atoms. The number of carboxylic acids is 1. The van der Waals surface area contributed by atoms with Gasteiger partial charge in [0.05, 0.1) is 5.92 Å². The molecule has 0 aliphatic heterocycles. The zero-order valence-corrected chi connectivity index (χ0v) is 11.8. The van der Waals surface area contributed by atoms with Crippen LogP contribution in [-0.2, 0) is 11.2 Å². The highest BCUT2D eigenvalue weighted by molar-refractivity contribution is 5.70. The summed E-state index contributed by atoms with van der Waals surface area (Å²) in [6.07, 6.45) is 3.53. The molecule has 0 radical (unpaired) electrons. The van der Waals surface area contributed by atoms with Crippen molar-refractivity contribution in [1.82, 2.24) is 5.32 Å². The number of carbonyl (C=O) groups is 1. The average molecular weight is 279 g/mol. The first kappa shape index (κ1) is 15.0. The molecule has 20 heavy (non-hydrogen) atoms. The lowest BCUT2D eigenvalue weighted by molar-refractivity contribution is -0.142. The Morgan fingerprint density at radius 1 is 1.50 bits per heavy atom. The van der Waals surface area contributed by atoms with Gasteiger partial charge in [0.2, 0.25) is 0 Å². The standard InChI is InChI=1S/C16H22FNO2/c1-11(8-12-4-2-6-14(17)9-12)18-10-13-5-3-7-15(13)16(19)20/h2,4,6,9,11,13,15,18H,3,5,7-8,10H2,1H3,(H,19,20). The van der Waals surface area contributed by atoms with E-state index in [1.807, 2.05) is 6.07 Å². The Morgan fingerprint density at radius 3 is 3.00 bits per heavy atom. The molecule has 0 amide bonds. The second kappa shape index (κ2) is 6.84. The van der Waals surface area contributed by atoms with Gasteiger partial charge in [-0.25, -0.2) is 4.39 Å². The topological polar surface area (TPSA) is 49.3 Å². The Bertz CT molecular complexity index is 464. The van der Waals surface area contributed by atoms with Crippen LogP contribution in [0.3, 0.4) is 0 Å². The molecule has 110 valence electrons. The summed E-state index contributed by atoms with van der Waals surface area (Å²) >= 11 is 0. The summed E-state index contributed by atoms with van der Waals surface area (Å²) < 4.78 is 13.1. The SMILES string of the molecule is CC(Cc1cccc(F)c1)NCC1CCCC1C(=O)O. The van der Waals surface area contributed by atoms with E-state index >= 15 is 0 Å². The number of hydrogen-bond donors (Lipinski definition) is 2. The molecule has 1 aliphatic carbocycles. The summed E-state index contributed by atoms with van der Waals surface area (Å²) in [7, 11) is 0. The summed E-state index contributed by atoms with van der Waals surface area (Å²) in [5.41, 5.74) is 0.964. The normalized spacial score (nSPS) is 23.7. The molecule has 1 aromatic rings. The number of benzene rings is 1. The summed E-state index contributed by atoms with van der Waals surface area (Å²) in [4.78, 5) is 11.1. The van der Waals surface area contributed by atoms with Crippen LogP contribution in [0.1, 0.15) is 31.7 Å². The third-order valence-corrected chi connectivity index (χ3v) is 4.14. The maximum absolute atomic E-state index is 13.1. The molecule has 0 heterocycles. The quantitative estimate of drug-likeness (QED) is 0.842. The van der Waals surface area contributed by atoms with E-state index in [2.05, 4.69) is 12.2 Å². The Morgan fingerprint density at radius 2 is 2.30 bits per heavy atom. The molecule has 0 saturated heterocycles. The van der Waals surface area contributed by atoms with Gasteiger partial charge in [-0.15, -0.1) is 0 Å². The smallest absolute Gasteiger partial charge is 0.306 e. The highest BCUT2D eigenvalue weighted by atomic mass is 19.1. The molecule has 1 aromatic carbocycles. The van der Waals surface area contributed by atoms with Crippen LogP contribution in [0, 0.1) is 17.7 Å². The summed E-state index contributed by atoms with van der Waals surface area (Å²) in [6.45, 7) is 2.78. The van der Waals surface area contributed by atoms with Gasteiger partial charge in [-0.1, -0.05) is 18.6 Å². The minimum absolute atomic E-state index is 0.205. The summed E-state index contributed by atoms with van der Waals surface area (Å²) in [6, 6.07) is 6.84. The van der Waals surface area contributed by atoms with E-state index in [0.29, 0.717) is 0 Å². The molecule has 0 bridgehead atoms. The van der Waals surface area contributed by atoms with Crippen LogP contribution >= 0.6 is 0 Å². The molecule has 3 nitrogen and oxygen atoms in total. The van der Waals surface area contributed by atoms with Crippen molar-refractivity contribution < 1.29 is 14.3 Å². The fourth-order valence-electron chi connectivity index (χ4n) is 3.05. The second-order valence-corrected chi connectivity index (χ2v) is 5.78. The monoisotopic (exact) mass is 279 g/mol. The highest BCUT2D eigenvalue weighted by Crippen LogP contribution is 2.31. The molecule has 2 N–H and O–H groups in total. The number of nitrogens with one attached hydrogen (secondary N) is 1. The number of halogens is 1. The second-order valence-electron chi connectivity index (χ2n) is 5.78. The van der Waals surface area contributed by atoms with E-state index in [4.69, 9.17) is 5.11 Å². The van der Waals surface area contributed by atoms with E-state index in [1.165, 1.54) is 6.07 Å². The minimum atomic E-state index is -0.674. The van der Waals surface area contributed by atoms with Gasteiger partial charge in [-0.05, 0) is 56.3 Å². The van der Waals surface area contributed by atoms with E-state index in [-0.39, 0.29) is 23.7 Å². The van der Waals surface area contributed by atoms with Gasteiger partial charge < -0.3 is 10.4 Å². The van der Waals surface area contributed by atoms with Crippen molar-refractivity contribution in [2.24, 2.45) is 11.8 Å². The Hall–Kier alpha value is -1.42. The Labute approximate surface area is 119 Å². The van der Waals surface area contributed by atoms with Gasteiger partial charge in [0.25, 0.3) is 0 Å². The van der Waals surface area contributed by atoms with E-state index in [1.54, 1.807) is 12.1 Å². The van der Waals surface area contributed by atoms with Crippen LogP contribution in [0.15, 0.2) is 24.3 Å². The largest absolute Gasteiger partial charge is 0.481 e. The lowest BCUT2D eigenvalue weighted by Gasteiger charge is -2.20. The predicted octanol–water partition coefficient (Wildman–Crippen LogP) is 2.85. The van der Waals surface area contributed by atoms with Gasteiger partial charge in [-0.2, -0.15) is 0 Å². The first-order chi connectivity index (χ1) is 9.56. The number of hydrogen-bond acceptors (Lipinski definition) is 2. The van der Waals surface area contributed by atoms with E-state index in [0.717, 1.165) is 37.8 Å². The first-order valence-corrected chi connectivity index (χ1v) is 7.27. The predicted molar refractivity (Wildman–Crippen MR) is 76.0 cm³/mol. The van der Waals surface area contributed by atoms with Crippen LogP contribution in [0.4, 0.5) is 4.39 Å². The molecular formula is C16H22FNO2. The van der Waals surface area contributed by atoms with Gasteiger partial charge in [0.15, 0.2) is 0 Å². The van der Waals surface area contributed by atoms with Gasteiger partial charge in [0.1, 0.15) is 5.82 Å². The zero-order valence-electron chi connectivity index (χ0n) is 11.8. The summed E-state index contributed by atoms with van der Waals surface area (Å²) in [5, 5.41) is 12.5. The van der Waals surface area contributed by atoms with Crippen molar-refractivity contribution in [3.8, 4) is 0 Å². The lowest BCUT2D eigenvalue weighted by atomic mass is 9.95. The van der Waals surface area contributed by atoms with Crippen molar-refractivity contribution >= 4 is 5.97 Å². The fraction of sp³-hybridized carbons (Fsp3) is 0.562. The molecule has 4 heteroatoms. The lowest BCUT2D eigenvalue weighted by Crippen LogP contribution is -2.35. The van der Waals surface area contributed by atoms with Crippen LogP contribution in [0.25, 0.3) is 0 Å². The highest BCUT2D eigenvalue weighted by Gasteiger charge is 2.32. The molecule has 1 aliphatic rings. The van der Waals surface area contributed by atoms with Crippen molar-refractivity contribution in [1.29, 1.82) is 0 Å². The molecule has 3 atom stereocenters. The number of aliphatic carboxylic acids is 1. The zero-order chi connectivity index (χ0) is 14.5. The molecule has 1 fully saturated rings. The number of rotatable bonds is 6. The fourth-order valence-corrected chi connectivity index (χ4v) is 3.05. The van der Waals surface area contributed by atoms with Gasteiger partial charge in [-0.3, -0.25) is 4.79 Å². The molecular weight excluding hydrogens is 257 g/mol. The first-order valence-electron chi connectivity index (χ1n) is 7.27. The van der Waals surface area contributed by atoms with Crippen molar-refractivity contribution in [3.05, 3.63) is 35.6 Å². The Kier molecular flexibility index (Phi) is 5.12. The Balaban J connectivity index is 1.80. The third kappa shape index (κ3) is 4.04. The minimum Gasteiger partial charge on any atom is -0.481 e. The molecule has 2 rings (SSSR count).